The fourth-order valence-corrected chi connectivity index (χ4v) is 3.76. The summed E-state index contributed by atoms with van der Waals surface area (Å²) >= 11 is 0. The lowest BCUT2D eigenvalue weighted by molar-refractivity contribution is -0.137. The molecule has 0 unspecified atom stereocenters. The molecule has 1 N–H and O–H groups in total. The Balaban J connectivity index is 1.56. The van der Waals surface area contributed by atoms with Gasteiger partial charge in [-0.25, -0.2) is 0 Å². The molecule has 3 aromatic rings. The molecule has 0 bridgehead atoms. The Morgan fingerprint density at radius 2 is 1.78 bits per heavy atom. The van der Waals surface area contributed by atoms with Crippen LogP contribution in [0.3, 0.4) is 0 Å². The van der Waals surface area contributed by atoms with Gasteiger partial charge in [-0.2, -0.15) is 0 Å². The van der Waals surface area contributed by atoms with E-state index in [0.29, 0.717) is 47.5 Å². The molecule has 2 amide bonds. The van der Waals surface area contributed by atoms with Crippen LogP contribution in [-0.4, -0.2) is 37.0 Å². The normalized spacial score (nSPS) is 15.3. The summed E-state index contributed by atoms with van der Waals surface area (Å²) in [5.41, 5.74) is 1.50. The van der Waals surface area contributed by atoms with Gasteiger partial charge in [-0.05, 0) is 30.3 Å². The van der Waals surface area contributed by atoms with Gasteiger partial charge in [0.2, 0.25) is 0 Å². The van der Waals surface area contributed by atoms with Crippen LogP contribution in [0.25, 0.3) is 5.57 Å². The van der Waals surface area contributed by atoms with Gasteiger partial charge in [0.1, 0.15) is 30.4 Å². The smallest absolute Gasteiger partial charge is 0.278 e. The number of benzene rings is 2. The molecule has 0 saturated carbocycles. The summed E-state index contributed by atoms with van der Waals surface area (Å²) in [6, 6.07) is 15.8. The number of fused-ring (bicyclic) bond motifs is 1. The third kappa shape index (κ3) is 3.45. The van der Waals surface area contributed by atoms with E-state index in [2.05, 4.69) is 5.32 Å². The molecule has 0 aliphatic carbocycles. The van der Waals surface area contributed by atoms with Crippen molar-refractivity contribution in [3.8, 4) is 17.2 Å². The van der Waals surface area contributed by atoms with Gasteiger partial charge in [-0.1, -0.05) is 18.2 Å². The van der Waals surface area contributed by atoms with Crippen LogP contribution in [0.2, 0.25) is 0 Å². The van der Waals surface area contributed by atoms with Crippen LogP contribution < -0.4 is 19.5 Å². The number of amides is 2. The Bertz CT molecular complexity index is 1210. The van der Waals surface area contributed by atoms with Crippen LogP contribution in [0.1, 0.15) is 11.3 Å². The van der Waals surface area contributed by atoms with Gasteiger partial charge in [0.05, 0.1) is 25.5 Å². The molecule has 5 rings (SSSR count). The van der Waals surface area contributed by atoms with Gasteiger partial charge < -0.3 is 23.9 Å². The predicted octanol–water partition coefficient (Wildman–Crippen LogP) is 3.45. The summed E-state index contributed by atoms with van der Waals surface area (Å²) in [5.74, 6) is 1.31. The largest absolute Gasteiger partial charge is 0.496 e. The van der Waals surface area contributed by atoms with E-state index in [1.165, 1.54) is 13.4 Å². The maximum absolute atomic E-state index is 13.4. The number of nitrogens with one attached hydrogen (secondary N) is 1. The van der Waals surface area contributed by atoms with E-state index in [9.17, 15) is 9.59 Å². The van der Waals surface area contributed by atoms with Crippen LogP contribution >= 0.6 is 0 Å². The molecule has 162 valence electrons. The van der Waals surface area contributed by atoms with Crippen molar-refractivity contribution in [3.63, 3.8) is 0 Å². The zero-order valence-corrected chi connectivity index (χ0v) is 17.3. The van der Waals surface area contributed by atoms with Gasteiger partial charge in [0, 0.05) is 17.3 Å². The van der Waals surface area contributed by atoms with Gasteiger partial charge in [-0.3, -0.25) is 14.5 Å². The first-order valence-electron chi connectivity index (χ1n) is 10.1. The van der Waals surface area contributed by atoms with Crippen molar-refractivity contribution in [2.24, 2.45) is 0 Å². The van der Waals surface area contributed by atoms with Gasteiger partial charge in [0.25, 0.3) is 11.8 Å². The second-order valence-corrected chi connectivity index (χ2v) is 7.21. The molecule has 2 aliphatic heterocycles. The highest BCUT2D eigenvalue weighted by atomic mass is 16.6. The highest BCUT2D eigenvalue weighted by molar-refractivity contribution is 6.36. The highest BCUT2D eigenvalue weighted by Gasteiger charge is 2.40. The molecule has 1 aromatic heterocycles. The van der Waals surface area contributed by atoms with Crippen molar-refractivity contribution in [2.45, 2.75) is 6.54 Å². The van der Waals surface area contributed by atoms with E-state index in [-0.39, 0.29) is 17.8 Å². The lowest BCUT2D eigenvalue weighted by Crippen LogP contribution is -2.31. The molecule has 2 aliphatic rings. The number of methoxy groups -OCH3 is 1. The summed E-state index contributed by atoms with van der Waals surface area (Å²) in [7, 11) is 1.52. The summed E-state index contributed by atoms with van der Waals surface area (Å²) in [4.78, 5) is 27.9. The predicted molar refractivity (Wildman–Crippen MR) is 115 cm³/mol. The van der Waals surface area contributed by atoms with E-state index < -0.39 is 11.8 Å². The molecule has 8 heteroatoms. The monoisotopic (exact) mass is 432 g/mol. The van der Waals surface area contributed by atoms with E-state index in [1.54, 1.807) is 54.6 Å². The first kappa shape index (κ1) is 19.7. The Hall–Kier alpha value is -4.20. The maximum Gasteiger partial charge on any atom is 0.278 e. The van der Waals surface area contributed by atoms with Crippen LogP contribution in [0.5, 0.6) is 17.2 Å². The minimum Gasteiger partial charge on any atom is -0.496 e. The highest BCUT2D eigenvalue weighted by Crippen LogP contribution is 2.38. The summed E-state index contributed by atoms with van der Waals surface area (Å²) < 4.78 is 22.0. The van der Waals surface area contributed by atoms with Crippen LogP contribution in [0, 0.1) is 0 Å². The number of para-hydroxylation sites is 1. The lowest BCUT2D eigenvalue weighted by Gasteiger charge is -2.19. The second kappa shape index (κ2) is 8.14. The second-order valence-electron chi connectivity index (χ2n) is 7.21. The number of ether oxygens (including phenoxy) is 3. The standard InChI is InChI=1S/C24H20N2O6/c1-29-18-7-3-2-6-17(18)21-22(24(28)26(23(21)27)14-16-5-4-10-30-16)25-15-8-9-19-20(13-15)32-12-11-31-19/h2-10,13,25H,11-12,14H2,1H3. The van der Waals surface area contributed by atoms with Crippen LogP contribution in [0.4, 0.5) is 5.69 Å². The van der Waals surface area contributed by atoms with Crippen LogP contribution in [-0.2, 0) is 16.1 Å². The van der Waals surface area contributed by atoms with Gasteiger partial charge in [-0.15, -0.1) is 0 Å². The minimum absolute atomic E-state index is 0.0234. The third-order valence-corrected chi connectivity index (χ3v) is 5.25. The summed E-state index contributed by atoms with van der Waals surface area (Å²) in [6.45, 7) is 0.952. The molecule has 0 atom stereocenters. The number of carbonyl (C=O) groups is 2. The first-order chi connectivity index (χ1) is 15.7. The number of hydrogen-bond donors (Lipinski definition) is 1. The molecular formula is C24H20N2O6. The van der Waals surface area contributed by atoms with E-state index in [4.69, 9.17) is 18.6 Å². The molecular weight excluding hydrogens is 412 g/mol. The summed E-state index contributed by atoms with van der Waals surface area (Å²) in [5, 5.41) is 3.13. The average molecular weight is 432 g/mol. The zero-order chi connectivity index (χ0) is 22.1. The number of furan rings is 1. The Morgan fingerprint density at radius 1 is 0.969 bits per heavy atom. The SMILES string of the molecule is COc1ccccc1C1=C(Nc2ccc3c(c2)OCCO3)C(=O)N(Cc2ccco2)C1=O. The molecule has 0 radical (unpaired) electrons. The van der Waals surface area contributed by atoms with Crippen molar-refractivity contribution in [1.29, 1.82) is 0 Å². The van der Waals surface area contributed by atoms with E-state index >= 15 is 0 Å². The van der Waals surface area contributed by atoms with Crippen molar-refractivity contribution in [3.05, 3.63) is 77.9 Å². The van der Waals surface area contributed by atoms with Crippen molar-refractivity contribution in [2.75, 3.05) is 25.6 Å². The fraction of sp³-hybridized carbons (Fsp3) is 0.167. The van der Waals surface area contributed by atoms with E-state index in [1.807, 2.05) is 0 Å². The Labute approximate surface area is 184 Å². The molecule has 32 heavy (non-hydrogen) atoms. The zero-order valence-electron chi connectivity index (χ0n) is 17.3. The van der Waals surface area contributed by atoms with Crippen molar-refractivity contribution >= 4 is 23.1 Å². The average Bonchev–Trinajstić information content (AvgIpc) is 3.42. The number of anilines is 1. The van der Waals surface area contributed by atoms with Crippen molar-refractivity contribution < 1.29 is 28.2 Å². The first-order valence-corrected chi connectivity index (χ1v) is 10.1. The maximum atomic E-state index is 13.4. The number of hydrogen-bond acceptors (Lipinski definition) is 7. The van der Waals surface area contributed by atoms with Crippen molar-refractivity contribution in [1.82, 2.24) is 4.90 Å². The fourth-order valence-electron chi connectivity index (χ4n) is 3.76. The summed E-state index contributed by atoms with van der Waals surface area (Å²) in [6.07, 6.45) is 1.50. The van der Waals surface area contributed by atoms with Gasteiger partial charge >= 0.3 is 0 Å². The molecule has 3 heterocycles. The molecule has 0 saturated heterocycles. The Morgan fingerprint density at radius 3 is 2.56 bits per heavy atom. The Kier molecular flexibility index (Phi) is 5.03. The quantitative estimate of drug-likeness (QED) is 0.597. The molecule has 0 fully saturated rings. The minimum atomic E-state index is -0.456. The molecule has 8 nitrogen and oxygen atoms in total. The van der Waals surface area contributed by atoms with E-state index in [0.717, 1.165) is 4.90 Å². The number of nitrogens with zero attached hydrogens (tertiary/aromatic N) is 1. The number of imide groups is 1. The topological polar surface area (TPSA) is 90.2 Å². The number of carbonyl (C=O) groups excluding carboxylic acids is 2. The molecule has 0 spiro atoms. The molecule has 2 aromatic carbocycles. The lowest BCUT2D eigenvalue weighted by atomic mass is 10.0. The van der Waals surface area contributed by atoms with Gasteiger partial charge in [0.15, 0.2) is 11.5 Å². The number of rotatable bonds is 6. The van der Waals surface area contributed by atoms with Crippen LogP contribution in [0.15, 0.2) is 71.0 Å². The third-order valence-electron chi connectivity index (χ3n) is 5.25.